The summed E-state index contributed by atoms with van der Waals surface area (Å²) in [6.45, 7) is 0. The second-order valence-corrected chi connectivity index (χ2v) is 10.3. The Bertz CT molecular complexity index is 1790. The van der Waals surface area contributed by atoms with E-state index < -0.39 is 47.2 Å². The summed E-state index contributed by atoms with van der Waals surface area (Å²) in [5, 5.41) is 22.3. The maximum atomic E-state index is 14.3. The van der Waals surface area contributed by atoms with Crippen LogP contribution in [-0.2, 0) is 26.3 Å². The molecule has 2 heterocycles. The van der Waals surface area contributed by atoms with E-state index in [4.69, 9.17) is 9.47 Å². The average Bonchev–Trinajstić information content (AvgIpc) is 3.27. The molecule has 3 N–H and O–H groups in total. The van der Waals surface area contributed by atoms with Gasteiger partial charge in [0, 0.05) is 40.9 Å². The normalized spacial score (nSPS) is 14.7. The number of carbonyl (C=O) groups excluding carboxylic acids is 3. The topological polar surface area (TPSA) is 135 Å². The van der Waals surface area contributed by atoms with Crippen molar-refractivity contribution in [1.29, 1.82) is 0 Å². The van der Waals surface area contributed by atoms with Crippen molar-refractivity contribution in [1.82, 2.24) is 4.90 Å². The Morgan fingerprint density at radius 2 is 1.51 bits per heavy atom. The Morgan fingerprint density at radius 3 is 2.09 bits per heavy atom. The van der Waals surface area contributed by atoms with Crippen LogP contribution in [0.4, 0.5) is 23.7 Å². The van der Waals surface area contributed by atoms with Gasteiger partial charge < -0.3 is 29.7 Å². The van der Waals surface area contributed by atoms with E-state index in [0.29, 0.717) is 16.7 Å². The molecular formula is C32H23F3N2O8. The molecule has 0 bridgehead atoms. The number of phenols is 2. The summed E-state index contributed by atoms with van der Waals surface area (Å²) in [6.07, 6.45) is -5.77. The number of aromatic hydroxyl groups is 2. The fraction of sp³-hybridized carbons (Fsp3) is 0.156. The Labute approximate surface area is 253 Å². The lowest BCUT2D eigenvalue weighted by atomic mass is 9.77. The number of phenolic OH excluding ortho intramolecular Hbond substituents is 2. The highest BCUT2D eigenvalue weighted by Crippen LogP contribution is 2.57. The number of halogens is 3. The van der Waals surface area contributed by atoms with E-state index in [1.54, 1.807) is 18.2 Å². The van der Waals surface area contributed by atoms with Gasteiger partial charge in [-0.1, -0.05) is 36.4 Å². The molecule has 0 aromatic heterocycles. The van der Waals surface area contributed by atoms with Gasteiger partial charge in [0.25, 0.3) is 0 Å². The molecule has 4 aromatic carbocycles. The Kier molecular flexibility index (Phi) is 7.03. The number of rotatable bonds is 5. The first-order chi connectivity index (χ1) is 21.4. The lowest BCUT2D eigenvalue weighted by molar-refractivity contribution is -0.236. The summed E-state index contributed by atoms with van der Waals surface area (Å²) in [6, 6.07) is 16.3. The predicted molar refractivity (Wildman–Crippen MR) is 151 cm³/mol. The molecule has 1 spiro atoms. The number of fused-ring (bicyclic) bond motifs is 6. The molecule has 0 unspecified atom stereocenters. The van der Waals surface area contributed by atoms with Gasteiger partial charge >= 0.3 is 24.3 Å². The molecule has 45 heavy (non-hydrogen) atoms. The van der Waals surface area contributed by atoms with Crippen molar-refractivity contribution in [2.45, 2.75) is 24.4 Å². The molecule has 0 saturated carbocycles. The molecule has 0 radical (unpaired) electrons. The minimum Gasteiger partial charge on any atom is -0.508 e. The number of alkyl halides is 3. The maximum absolute atomic E-state index is 14.3. The first-order valence-electron chi connectivity index (χ1n) is 13.4. The smallest absolute Gasteiger partial charge is 0.489 e. The number of carbonyl (C=O) groups is 3. The number of hydrogen-bond acceptors (Lipinski definition) is 8. The van der Waals surface area contributed by atoms with Crippen LogP contribution in [0.5, 0.6) is 23.0 Å². The van der Waals surface area contributed by atoms with Crippen LogP contribution in [0.2, 0.25) is 0 Å². The molecule has 13 heteroatoms. The number of ether oxygens (including phenoxy) is 3. The van der Waals surface area contributed by atoms with Crippen LogP contribution in [0, 0.1) is 0 Å². The minimum atomic E-state index is -5.29. The van der Waals surface area contributed by atoms with Crippen molar-refractivity contribution in [3.05, 3.63) is 113 Å². The number of benzene rings is 4. The number of nitrogens with one attached hydrogen (secondary N) is 1. The highest BCUT2D eigenvalue weighted by molar-refractivity contribution is 6.00. The molecule has 0 saturated heterocycles. The minimum absolute atomic E-state index is 0.0693. The third kappa shape index (κ3) is 5.01. The van der Waals surface area contributed by atoms with Crippen molar-refractivity contribution in [3.8, 4) is 23.0 Å². The number of anilines is 1. The average molecular weight is 621 g/mol. The zero-order valence-electron chi connectivity index (χ0n) is 23.3. The molecule has 2 amide bonds. The highest BCUT2D eigenvalue weighted by atomic mass is 19.4. The van der Waals surface area contributed by atoms with Gasteiger partial charge in [-0.3, -0.25) is 0 Å². The summed E-state index contributed by atoms with van der Waals surface area (Å²) in [5.41, 5.74) is -0.548. The van der Waals surface area contributed by atoms with Crippen LogP contribution in [0.25, 0.3) is 0 Å². The Morgan fingerprint density at radius 1 is 0.911 bits per heavy atom. The van der Waals surface area contributed by atoms with Crippen molar-refractivity contribution >= 4 is 23.7 Å². The standard InChI is InChI=1S/C32H23F3N2O8/c1-43-29(41)25(13-17-5-3-2-4-6-17)37(32(33,34)35)30(42)36-18-7-10-22-21(14-18)28(40)45-31(22)23-11-8-19(38)15-26(23)44-27-16-20(39)9-12-24(27)31/h2-12,14-16,25,38-39H,13H2,1H3,(H,36,42)/t25-/m0/s1. The fourth-order valence-electron chi connectivity index (χ4n) is 5.65. The zero-order valence-corrected chi connectivity index (χ0v) is 23.3. The Hall–Kier alpha value is -5.72. The van der Waals surface area contributed by atoms with E-state index >= 15 is 0 Å². The van der Waals surface area contributed by atoms with Crippen molar-refractivity contribution in [3.63, 3.8) is 0 Å². The SMILES string of the molecule is COC(=O)[C@H](Cc1ccccc1)N(C(=O)Nc1ccc2c(c1)C(=O)OC21c2ccc(O)cc2Oc2cc(O)ccc21)C(F)(F)F. The number of methoxy groups -OCH3 is 1. The van der Waals surface area contributed by atoms with Crippen molar-refractivity contribution in [2.75, 3.05) is 12.4 Å². The molecule has 4 aromatic rings. The van der Waals surface area contributed by atoms with Gasteiger partial charge in [0.1, 0.15) is 29.0 Å². The molecule has 0 aliphatic carbocycles. The molecule has 6 rings (SSSR count). The fourth-order valence-corrected chi connectivity index (χ4v) is 5.65. The molecule has 230 valence electrons. The first-order valence-corrected chi connectivity index (χ1v) is 13.4. The number of urea groups is 1. The van der Waals surface area contributed by atoms with E-state index in [1.807, 2.05) is 0 Å². The number of esters is 2. The number of amides is 2. The second kappa shape index (κ2) is 10.8. The summed E-state index contributed by atoms with van der Waals surface area (Å²) in [7, 11) is 0.921. The van der Waals surface area contributed by atoms with E-state index in [2.05, 4.69) is 10.1 Å². The maximum Gasteiger partial charge on any atom is 0.489 e. The monoisotopic (exact) mass is 620 g/mol. The number of nitrogens with zero attached hydrogens (tertiary/aromatic N) is 1. The molecule has 2 aliphatic heterocycles. The van der Waals surface area contributed by atoms with E-state index in [0.717, 1.165) is 7.11 Å². The van der Waals surface area contributed by atoms with Gasteiger partial charge in [-0.2, -0.15) is 0 Å². The summed E-state index contributed by atoms with van der Waals surface area (Å²) in [5.74, 6) is -2.13. The summed E-state index contributed by atoms with van der Waals surface area (Å²) >= 11 is 0. The largest absolute Gasteiger partial charge is 0.508 e. The Balaban J connectivity index is 1.39. The molecule has 2 aliphatic rings. The second-order valence-electron chi connectivity index (χ2n) is 10.3. The molecule has 1 atom stereocenters. The van der Waals surface area contributed by atoms with E-state index in [9.17, 15) is 37.8 Å². The van der Waals surface area contributed by atoms with E-state index in [1.165, 1.54) is 66.7 Å². The van der Waals surface area contributed by atoms with Gasteiger partial charge in [-0.05, 0) is 42.0 Å². The summed E-state index contributed by atoms with van der Waals surface area (Å²) < 4.78 is 59.4. The van der Waals surface area contributed by atoms with Crippen molar-refractivity contribution < 1.29 is 52.0 Å². The first kappa shape index (κ1) is 29.4. The van der Waals surface area contributed by atoms with Gasteiger partial charge in [0.15, 0.2) is 5.60 Å². The van der Waals surface area contributed by atoms with Crippen LogP contribution in [0.15, 0.2) is 84.9 Å². The summed E-state index contributed by atoms with van der Waals surface area (Å²) in [4.78, 5) is 38.5. The quantitative estimate of drug-likeness (QED) is 0.188. The molecule has 10 nitrogen and oxygen atoms in total. The van der Waals surface area contributed by atoms with Gasteiger partial charge in [-0.25, -0.2) is 19.3 Å². The lowest BCUT2D eigenvalue weighted by Gasteiger charge is -2.36. The van der Waals surface area contributed by atoms with Crippen LogP contribution >= 0.6 is 0 Å². The number of hydrogen-bond donors (Lipinski definition) is 3. The predicted octanol–water partition coefficient (Wildman–Crippen LogP) is 5.80. The van der Waals surface area contributed by atoms with Crippen LogP contribution in [-0.4, -0.2) is 52.5 Å². The van der Waals surface area contributed by atoms with Crippen LogP contribution < -0.4 is 10.1 Å². The molecular weight excluding hydrogens is 597 g/mol. The molecule has 0 fully saturated rings. The third-order valence-corrected chi connectivity index (χ3v) is 7.57. The third-order valence-electron chi connectivity index (χ3n) is 7.57. The zero-order chi connectivity index (χ0) is 32.1. The lowest BCUT2D eigenvalue weighted by Crippen LogP contribution is -2.55. The van der Waals surface area contributed by atoms with Gasteiger partial charge in [-0.15, -0.1) is 13.2 Å². The van der Waals surface area contributed by atoms with E-state index in [-0.39, 0.29) is 39.8 Å². The highest BCUT2D eigenvalue weighted by Gasteiger charge is 2.54. The van der Waals surface area contributed by atoms with Crippen LogP contribution in [0.1, 0.15) is 32.6 Å². The van der Waals surface area contributed by atoms with Gasteiger partial charge in [0.05, 0.1) is 12.7 Å². The van der Waals surface area contributed by atoms with Crippen LogP contribution in [0.3, 0.4) is 0 Å². The van der Waals surface area contributed by atoms with Crippen molar-refractivity contribution in [2.24, 2.45) is 0 Å². The van der Waals surface area contributed by atoms with Gasteiger partial charge in [0.2, 0.25) is 0 Å².